The fourth-order valence-electron chi connectivity index (χ4n) is 3.28. The van der Waals surface area contributed by atoms with Crippen molar-refractivity contribution in [2.45, 2.75) is 38.6 Å². The van der Waals surface area contributed by atoms with Crippen LogP contribution in [-0.4, -0.2) is 36.7 Å². The number of likely N-dealkylation sites (tertiary alicyclic amines) is 1. The predicted octanol–water partition coefficient (Wildman–Crippen LogP) is 3.16. The van der Waals surface area contributed by atoms with Crippen LogP contribution in [0.3, 0.4) is 0 Å². The van der Waals surface area contributed by atoms with E-state index in [9.17, 15) is 4.79 Å². The average Bonchev–Trinajstić information content (AvgIpc) is 3.30. The summed E-state index contributed by atoms with van der Waals surface area (Å²) in [6.45, 7) is 2.79. The molecule has 0 N–H and O–H groups in total. The lowest BCUT2D eigenvalue weighted by Gasteiger charge is -2.23. The second kappa shape index (κ2) is 7.59. The molecule has 25 heavy (non-hydrogen) atoms. The molecule has 1 aromatic carbocycles. The first kappa shape index (κ1) is 17.3. The van der Waals surface area contributed by atoms with Crippen LogP contribution < -0.4 is 9.47 Å². The number of benzene rings is 1. The lowest BCUT2D eigenvalue weighted by molar-refractivity contribution is -0.131. The Morgan fingerprint density at radius 2 is 2.08 bits per heavy atom. The van der Waals surface area contributed by atoms with Gasteiger partial charge in [0.05, 0.1) is 32.4 Å². The standard InChI is InChI=1S/C19H24N2O4/c1-4-14-12-17(25-20-14)15-6-5-9-21(15)19(22)11-13-7-8-16(23-2)18(10-13)24-3/h7-8,10,12,15H,4-6,9,11H2,1-3H3/t15-/m1/s1. The molecule has 0 spiro atoms. The van der Waals surface area contributed by atoms with Crippen molar-refractivity contribution in [3.63, 3.8) is 0 Å². The Morgan fingerprint density at radius 1 is 1.28 bits per heavy atom. The fourth-order valence-corrected chi connectivity index (χ4v) is 3.28. The maximum absolute atomic E-state index is 12.8. The molecule has 1 fully saturated rings. The van der Waals surface area contributed by atoms with Gasteiger partial charge >= 0.3 is 0 Å². The van der Waals surface area contributed by atoms with Gasteiger partial charge in [-0.25, -0.2) is 0 Å². The highest BCUT2D eigenvalue weighted by Gasteiger charge is 2.32. The Hall–Kier alpha value is -2.50. The lowest BCUT2D eigenvalue weighted by Crippen LogP contribution is -2.31. The van der Waals surface area contributed by atoms with Crippen LogP contribution >= 0.6 is 0 Å². The molecule has 0 radical (unpaired) electrons. The molecular weight excluding hydrogens is 320 g/mol. The molecule has 0 bridgehead atoms. The van der Waals surface area contributed by atoms with Crippen LogP contribution in [0, 0.1) is 0 Å². The van der Waals surface area contributed by atoms with Crippen LogP contribution in [0.15, 0.2) is 28.8 Å². The van der Waals surface area contributed by atoms with Crippen molar-refractivity contribution in [2.24, 2.45) is 0 Å². The molecule has 6 heteroatoms. The number of nitrogens with zero attached hydrogens (tertiary/aromatic N) is 2. The summed E-state index contributed by atoms with van der Waals surface area (Å²) in [6.07, 6.45) is 3.04. The van der Waals surface area contributed by atoms with E-state index in [0.29, 0.717) is 17.9 Å². The quantitative estimate of drug-likeness (QED) is 0.805. The van der Waals surface area contributed by atoms with Gasteiger partial charge in [-0.15, -0.1) is 0 Å². The van der Waals surface area contributed by atoms with Crippen molar-refractivity contribution in [1.82, 2.24) is 10.1 Å². The van der Waals surface area contributed by atoms with E-state index in [-0.39, 0.29) is 11.9 Å². The summed E-state index contributed by atoms with van der Waals surface area (Å²) in [4.78, 5) is 14.7. The molecular formula is C19H24N2O4. The largest absolute Gasteiger partial charge is 0.493 e. The Bertz CT molecular complexity index is 741. The van der Waals surface area contributed by atoms with Gasteiger partial charge in [0.2, 0.25) is 5.91 Å². The van der Waals surface area contributed by atoms with Crippen LogP contribution in [0.1, 0.15) is 42.8 Å². The van der Waals surface area contributed by atoms with Crippen molar-refractivity contribution < 1.29 is 18.8 Å². The zero-order chi connectivity index (χ0) is 17.8. The molecule has 0 saturated carbocycles. The van der Waals surface area contributed by atoms with Gasteiger partial charge in [0, 0.05) is 12.6 Å². The van der Waals surface area contributed by atoms with E-state index in [4.69, 9.17) is 14.0 Å². The highest BCUT2D eigenvalue weighted by Crippen LogP contribution is 2.33. The maximum atomic E-state index is 12.8. The molecule has 1 amide bonds. The highest BCUT2D eigenvalue weighted by atomic mass is 16.5. The van der Waals surface area contributed by atoms with Crippen molar-refractivity contribution >= 4 is 5.91 Å². The number of ether oxygens (including phenoxy) is 2. The molecule has 2 aromatic rings. The van der Waals surface area contributed by atoms with Crippen LogP contribution in [-0.2, 0) is 17.6 Å². The maximum Gasteiger partial charge on any atom is 0.227 e. The predicted molar refractivity (Wildman–Crippen MR) is 92.8 cm³/mol. The zero-order valence-electron chi connectivity index (χ0n) is 14.9. The summed E-state index contributed by atoms with van der Waals surface area (Å²) in [5.41, 5.74) is 1.83. The van der Waals surface area contributed by atoms with Gasteiger partial charge in [-0.3, -0.25) is 4.79 Å². The highest BCUT2D eigenvalue weighted by molar-refractivity contribution is 5.79. The van der Waals surface area contributed by atoms with Gasteiger partial charge in [-0.1, -0.05) is 18.1 Å². The van der Waals surface area contributed by atoms with Gasteiger partial charge in [-0.2, -0.15) is 0 Å². The number of hydrogen-bond acceptors (Lipinski definition) is 5. The van der Waals surface area contributed by atoms with E-state index >= 15 is 0 Å². The molecule has 0 unspecified atom stereocenters. The van der Waals surface area contributed by atoms with Crippen molar-refractivity contribution in [1.29, 1.82) is 0 Å². The van der Waals surface area contributed by atoms with Gasteiger partial charge in [0.1, 0.15) is 0 Å². The van der Waals surface area contributed by atoms with E-state index in [1.165, 1.54) is 0 Å². The summed E-state index contributed by atoms with van der Waals surface area (Å²) in [5.74, 6) is 2.17. The van der Waals surface area contributed by atoms with Crippen molar-refractivity contribution in [3.8, 4) is 11.5 Å². The number of carbonyl (C=O) groups excluding carboxylic acids is 1. The summed E-state index contributed by atoms with van der Waals surface area (Å²) in [7, 11) is 3.19. The average molecular weight is 344 g/mol. The van der Waals surface area contributed by atoms with E-state index in [1.807, 2.05) is 36.1 Å². The number of carbonyl (C=O) groups is 1. The third kappa shape index (κ3) is 3.62. The second-order valence-corrected chi connectivity index (χ2v) is 6.19. The van der Waals surface area contributed by atoms with Crippen LogP contribution in [0.5, 0.6) is 11.5 Å². The SMILES string of the molecule is CCc1cc([C@H]2CCCN2C(=O)Cc2ccc(OC)c(OC)c2)on1. The van der Waals surface area contributed by atoms with Gasteiger partial charge in [-0.05, 0) is 37.0 Å². The molecule has 1 saturated heterocycles. The number of hydrogen-bond donors (Lipinski definition) is 0. The molecule has 0 aliphatic carbocycles. The van der Waals surface area contributed by atoms with Crippen LogP contribution in [0.2, 0.25) is 0 Å². The molecule has 6 nitrogen and oxygen atoms in total. The third-order valence-electron chi connectivity index (χ3n) is 4.64. The first-order valence-corrected chi connectivity index (χ1v) is 8.62. The number of aryl methyl sites for hydroxylation is 1. The van der Waals surface area contributed by atoms with Crippen molar-refractivity contribution in [2.75, 3.05) is 20.8 Å². The molecule has 1 aliphatic rings. The van der Waals surface area contributed by atoms with E-state index < -0.39 is 0 Å². The minimum atomic E-state index is -0.0135. The summed E-state index contributed by atoms with van der Waals surface area (Å²) < 4.78 is 16.0. The molecule has 3 rings (SSSR count). The molecule has 134 valence electrons. The minimum absolute atomic E-state index is 0.0135. The smallest absolute Gasteiger partial charge is 0.227 e. The summed E-state index contributed by atoms with van der Waals surface area (Å²) >= 11 is 0. The Morgan fingerprint density at radius 3 is 2.76 bits per heavy atom. The normalized spacial score (nSPS) is 16.9. The number of methoxy groups -OCH3 is 2. The molecule has 1 aromatic heterocycles. The lowest BCUT2D eigenvalue weighted by atomic mass is 10.1. The Kier molecular flexibility index (Phi) is 5.26. The van der Waals surface area contributed by atoms with Crippen molar-refractivity contribution in [3.05, 3.63) is 41.3 Å². The van der Waals surface area contributed by atoms with Gasteiger partial charge in [0.25, 0.3) is 0 Å². The fraction of sp³-hybridized carbons (Fsp3) is 0.474. The second-order valence-electron chi connectivity index (χ2n) is 6.19. The monoisotopic (exact) mass is 344 g/mol. The molecule has 1 atom stereocenters. The summed E-state index contributed by atoms with van der Waals surface area (Å²) in [5, 5.41) is 4.06. The Labute approximate surface area is 147 Å². The van der Waals surface area contributed by atoms with Gasteiger partial charge < -0.3 is 18.9 Å². The third-order valence-corrected chi connectivity index (χ3v) is 4.64. The van der Waals surface area contributed by atoms with E-state index in [0.717, 1.165) is 42.8 Å². The van der Waals surface area contributed by atoms with Gasteiger partial charge in [0.15, 0.2) is 17.3 Å². The van der Waals surface area contributed by atoms with Crippen LogP contribution in [0.4, 0.5) is 0 Å². The zero-order valence-corrected chi connectivity index (χ0v) is 14.9. The van der Waals surface area contributed by atoms with E-state index in [1.54, 1.807) is 14.2 Å². The number of amides is 1. The number of rotatable bonds is 6. The summed E-state index contributed by atoms with van der Waals surface area (Å²) in [6, 6.07) is 7.53. The Balaban J connectivity index is 1.73. The number of aromatic nitrogens is 1. The first-order chi connectivity index (χ1) is 12.2. The van der Waals surface area contributed by atoms with E-state index in [2.05, 4.69) is 5.16 Å². The first-order valence-electron chi connectivity index (χ1n) is 8.62. The van der Waals surface area contributed by atoms with Crippen LogP contribution in [0.25, 0.3) is 0 Å². The molecule has 2 heterocycles. The molecule has 1 aliphatic heterocycles. The minimum Gasteiger partial charge on any atom is -0.493 e. The topological polar surface area (TPSA) is 64.8 Å².